The van der Waals surface area contributed by atoms with Crippen LogP contribution in [0.3, 0.4) is 0 Å². The first-order chi connectivity index (χ1) is 12.1. The minimum Gasteiger partial charge on any atom is -0.290 e. The summed E-state index contributed by atoms with van der Waals surface area (Å²) in [6.07, 6.45) is 3.82. The van der Waals surface area contributed by atoms with Crippen LogP contribution in [0, 0.1) is 0 Å². The number of hydrogen-bond acceptors (Lipinski definition) is 4. The number of thiophene rings is 1. The Bertz CT molecular complexity index is 1060. The van der Waals surface area contributed by atoms with E-state index in [1.165, 1.54) is 33.3 Å². The molecule has 0 atom stereocenters. The zero-order valence-electron chi connectivity index (χ0n) is 14.0. The lowest BCUT2D eigenvalue weighted by Crippen LogP contribution is -2.20. The molecule has 1 aliphatic rings. The van der Waals surface area contributed by atoms with E-state index in [0.717, 1.165) is 33.2 Å². The second-order valence-electron chi connectivity index (χ2n) is 6.11. The van der Waals surface area contributed by atoms with Crippen LogP contribution in [0.4, 0.5) is 0 Å². The molecule has 2 aromatic heterocycles. The molecule has 1 aromatic carbocycles. The Morgan fingerprint density at radius 1 is 1.40 bits per heavy atom. The fourth-order valence-electron chi connectivity index (χ4n) is 3.20. The monoisotopic (exact) mass is 388 g/mol. The van der Waals surface area contributed by atoms with E-state index in [-0.39, 0.29) is 5.56 Å². The molecule has 2 heterocycles. The summed E-state index contributed by atoms with van der Waals surface area (Å²) in [5.41, 5.74) is 3.83. The van der Waals surface area contributed by atoms with Gasteiger partial charge in [0.25, 0.3) is 5.56 Å². The molecule has 0 unspecified atom stereocenters. The number of aromatic nitrogens is 2. The molecule has 1 aliphatic carbocycles. The van der Waals surface area contributed by atoms with Crippen molar-refractivity contribution in [2.75, 3.05) is 5.75 Å². The standard InChI is InChI=1S/C19H17ClN2OS2/c1-11(20)9-10-24-19-21-17-15(18(23)22(19)2)14-8-7-12-5-3-4-6-13(12)16(14)25-17/h3-6,9H,7-8,10H2,1-2H3/b11-9-. The summed E-state index contributed by atoms with van der Waals surface area (Å²) >= 11 is 9.06. The van der Waals surface area contributed by atoms with Gasteiger partial charge in [-0.1, -0.05) is 53.7 Å². The maximum Gasteiger partial charge on any atom is 0.262 e. The fourth-order valence-corrected chi connectivity index (χ4v) is 5.62. The second kappa shape index (κ2) is 6.63. The Balaban J connectivity index is 1.87. The highest BCUT2D eigenvalue weighted by Gasteiger charge is 2.24. The van der Waals surface area contributed by atoms with Crippen LogP contribution in [0.25, 0.3) is 20.7 Å². The fraction of sp³-hybridized carbons (Fsp3) is 0.263. The summed E-state index contributed by atoms with van der Waals surface area (Å²) in [5, 5.41) is 2.28. The van der Waals surface area contributed by atoms with Crippen LogP contribution in [0.1, 0.15) is 18.1 Å². The van der Waals surface area contributed by atoms with E-state index >= 15 is 0 Å². The zero-order chi connectivity index (χ0) is 17.6. The molecule has 0 amide bonds. The summed E-state index contributed by atoms with van der Waals surface area (Å²) in [6.45, 7) is 1.85. The van der Waals surface area contributed by atoms with Crippen LogP contribution in [-0.4, -0.2) is 15.3 Å². The average molecular weight is 389 g/mol. The average Bonchev–Trinajstić information content (AvgIpc) is 2.97. The highest BCUT2D eigenvalue weighted by Crippen LogP contribution is 2.42. The van der Waals surface area contributed by atoms with Crippen molar-refractivity contribution in [1.82, 2.24) is 9.55 Å². The highest BCUT2D eigenvalue weighted by molar-refractivity contribution is 7.99. The van der Waals surface area contributed by atoms with Gasteiger partial charge in [-0.05, 0) is 36.5 Å². The van der Waals surface area contributed by atoms with Crippen molar-refractivity contribution >= 4 is 44.9 Å². The molecule has 0 fully saturated rings. The van der Waals surface area contributed by atoms with Gasteiger partial charge in [0.1, 0.15) is 4.83 Å². The minimum atomic E-state index is 0.0518. The Morgan fingerprint density at radius 2 is 2.20 bits per heavy atom. The minimum absolute atomic E-state index is 0.0518. The van der Waals surface area contributed by atoms with Gasteiger partial charge in [0, 0.05) is 22.7 Å². The third kappa shape index (κ3) is 2.94. The molecule has 0 aliphatic heterocycles. The number of allylic oxidation sites excluding steroid dienone is 1. The normalized spacial score (nSPS) is 13.8. The van der Waals surface area contributed by atoms with E-state index in [0.29, 0.717) is 5.75 Å². The molecule has 0 spiro atoms. The summed E-state index contributed by atoms with van der Waals surface area (Å²) in [5.74, 6) is 0.703. The van der Waals surface area contributed by atoms with Crippen LogP contribution in [-0.2, 0) is 19.9 Å². The molecular weight excluding hydrogens is 372 g/mol. The molecular formula is C19H17ClN2OS2. The van der Waals surface area contributed by atoms with Gasteiger partial charge in [-0.15, -0.1) is 11.3 Å². The maximum absolute atomic E-state index is 13.0. The van der Waals surface area contributed by atoms with Crippen molar-refractivity contribution in [3.05, 3.63) is 56.9 Å². The van der Waals surface area contributed by atoms with Crippen LogP contribution < -0.4 is 5.56 Å². The third-order valence-corrected chi connectivity index (χ3v) is 6.74. The second-order valence-corrected chi connectivity index (χ2v) is 8.69. The molecule has 128 valence electrons. The van der Waals surface area contributed by atoms with Crippen molar-refractivity contribution in [2.45, 2.75) is 24.9 Å². The topological polar surface area (TPSA) is 34.9 Å². The highest BCUT2D eigenvalue weighted by atomic mass is 35.5. The van der Waals surface area contributed by atoms with Gasteiger partial charge in [0.05, 0.1) is 5.39 Å². The van der Waals surface area contributed by atoms with Gasteiger partial charge in [-0.3, -0.25) is 9.36 Å². The number of nitrogens with zero attached hydrogens (tertiary/aromatic N) is 2. The van der Waals surface area contributed by atoms with Crippen molar-refractivity contribution in [1.29, 1.82) is 0 Å². The van der Waals surface area contributed by atoms with Crippen LogP contribution >= 0.6 is 34.7 Å². The Kier molecular flexibility index (Phi) is 4.48. The number of aryl methyl sites for hydroxylation is 2. The van der Waals surface area contributed by atoms with Crippen LogP contribution in [0.5, 0.6) is 0 Å². The van der Waals surface area contributed by atoms with E-state index in [1.54, 1.807) is 23.0 Å². The van der Waals surface area contributed by atoms with Gasteiger partial charge < -0.3 is 0 Å². The molecule has 3 nitrogen and oxygen atoms in total. The summed E-state index contributed by atoms with van der Waals surface area (Å²) in [7, 11) is 1.80. The number of halogens is 1. The van der Waals surface area contributed by atoms with Crippen LogP contribution in [0.2, 0.25) is 0 Å². The van der Waals surface area contributed by atoms with Gasteiger partial charge in [-0.25, -0.2) is 4.98 Å². The smallest absolute Gasteiger partial charge is 0.262 e. The predicted octanol–water partition coefficient (Wildman–Crippen LogP) is 5.00. The van der Waals surface area contributed by atoms with Crippen molar-refractivity contribution in [3.63, 3.8) is 0 Å². The molecule has 0 saturated carbocycles. The van der Waals surface area contributed by atoms with Gasteiger partial charge in [0.2, 0.25) is 0 Å². The first kappa shape index (κ1) is 16.9. The SMILES string of the molecule is C/C(Cl)=C/CSc1nc2sc3c(c2c(=O)n1C)CCc1ccccc1-3. The summed E-state index contributed by atoms with van der Waals surface area (Å²) in [4.78, 5) is 19.8. The zero-order valence-corrected chi connectivity index (χ0v) is 16.4. The molecule has 0 N–H and O–H groups in total. The maximum atomic E-state index is 13.0. The quantitative estimate of drug-likeness (QED) is 0.468. The molecule has 3 aromatic rings. The molecule has 6 heteroatoms. The lowest BCUT2D eigenvalue weighted by atomic mass is 9.90. The van der Waals surface area contributed by atoms with E-state index in [9.17, 15) is 4.79 Å². The molecule has 4 rings (SSSR count). The Morgan fingerprint density at radius 3 is 3.00 bits per heavy atom. The van der Waals surface area contributed by atoms with Gasteiger partial charge in [0.15, 0.2) is 5.16 Å². The Hall–Kier alpha value is -1.56. The first-order valence-electron chi connectivity index (χ1n) is 8.12. The molecule has 0 radical (unpaired) electrons. The van der Waals surface area contributed by atoms with E-state index in [4.69, 9.17) is 16.6 Å². The van der Waals surface area contributed by atoms with Crippen LogP contribution in [0.15, 0.2) is 45.3 Å². The van der Waals surface area contributed by atoms with Crippen molar-refractivity contribution in [3.8, 4) is 10.4 Å². The molecule has 25 heavy (non-hydrogen) atoms. The molecule has 0 bridgehead atoms. The van der Waals surface area contributed by atoms with E-state index in [2.05, 4.69) is 24.3 Å². The van der Waals surface area contributed by atoms with Gasteiger partial charge >= 0.3 is 0 Å². The van der Waals surface area contributed by atoms with E-state index < -0.39 is 0 Å². The Labute approximate surface area is 159 Å². The molecule has 0 saturated heterocycles. The first-order valence-corrected chi connectivity index (χ1v) is 10.3. The van der Waals surface area contributed by atoms with Gasteiger partial charge in [-0.2, -0.15) is 0 Å². The summed E-state index contributed by atoms with van der Waals surface area (Å²) in [6, 6.07) is 8.47. The summed E-state index contributed by atoms with van der Waals surface area (Å²) < 4.78 is 1.66. The number of benzene rings is 1. The lowest BCUT2D eigenvalue weighted by molar-refractivity contribution is 0.727. The third-order valence-electron chi connectivity index (χ3n) is 4.47. The van der Waals surface area contributed by atoms with Crippen molar-refractivity contribution in [2.24, 2.45) is 7.05 Å². The number of fused-ring (bicyclic) bond motifs is 5. The van der Waals surface area contributed by atoms with E-state index in [1.807, 2.05) is 13.0 Å². The lowest BCUT2D eigenvalue weighted by Gasteiger charge is -2.15. The largest absolute Gasteiger partial charge is 0.290 e. The number of thioether (sulfide) groups is 1. The predicted molar refractivity (Wildman–Crippen MR) is 108 cm³/mol. The van der Waals surface area contributed by atoms with Crippen molar-refractivity contribution < 1.29 is 0 Å². The number of rotatable bonds is 3. The number of hydrogen-bond donors (Lipinski definition) is 0.